The third-order valence-electron chi connectivity index (χ3n) is 2.33. The van der Waals surface area contributed by atoms with Crippen molar-refractivity contribution < 1.29 is 4.74 Å². The topological polar surface area (TPSA) is 47.0 Å². The maximum atomic E-state index is 5.31. The van der Waals surface area contributed by atoms with Crippen LogP contribution < -0.4 is 5.32 Å². The van der Waals surface area contributed by atoms with E-state index in [0.29, 0.717) is 5.92 Å². The van der Waals surface area contributed by atoms with Gasteiger partial charge in [0.15, 0.2) is 0 Å². The van der Waals surface area contributed by atoms with E-state index < -0.39 is 0 Å². The van der Waals surface area contributed by atoms with E-state index >= 15 is 0 Å². The number of hydrogen-bond acceptors (Lipinski definition) is 4. The monoisotopic (exact) mass is 193 g/mol. The highest BCUT2D eigenvalue weighted by Gasteiger charge is 2.20. The lowest BCUT2D eigenvalue weighted by Crippen LogP contribution is -2.07. The van der Waals surface area contributed by atoms with Crippen LogP contribution >= 0.6 is 0 Å². The van der Waals surface area contributed by atoms with Crippen molar-refractivity contribution in [3.8, 4) is 0 Å². The molecule has 0 radical (unpaired) electrons. The minimum absolute atomic E-state index is 0.383. The summed E-state index contributed by atoms with van der Waals surface area (Å²) in [7, 11) is 0. The Bertz CT molecular complexity index is 297. The lowest BCUT2D eigenvalue weighted by molar-refractivity contribution is 0.193. The smallest absolute Gasteiger partial charge is 0.136 e. The van der Waals surface area contributed by atoms with Crippen LogP contribution in [-0.4, -0.2) is 29.7 Å². The third kappa shape index (κ3) is 2.01. The van der Waals surface area contributed by atoms with Crippen LogP contribution in [0.4, 0.5) is 5.82 Å². The van der Waals surface area contributed by atoms with Gasteiger partial charge in [0, 0.05) is 25.3 Å². The second-order valence-electron chi connectivity index (χ2n) is 3.39. The molecule has 1 atom stereocenters. The number of anilines is 1. The summed E-state index contributed by atoms with van der Waals surface area (Å²) in [6.45, 7) is 4.53. The predicted molar refractivity (Wildman–Crippen MR) is 54.4 cm³/mol. The Morgan fingerprint density at radius 1 is 1.64 bits per heavy atom. The molecule has 4 nitrogen and oxygen atoms in total. The number of hydrogen-bond donors (Lipinski definition) is 1. The quantitative estimate of drug-likeness (QED) is 0.788. The zero-order chi connectivity index (χ0) is 9.80. The summed E-state index contributed by atoms with van der Waals surface area (Å²) in [5, 5.41) is 3.18. The van der Waals surface area contributed by atoms with E-state index in [1.165, 1.54) is 0 Å². The summed E-state index contributed by atoms with van der Waals surface area (Å²) in [5.74, 6) is 2.19. The standard InChI is InChI=1S/C10H15N3O/c1-2-11-9-3-5-12-10(13-9)8-4-6-14-7-8/h3,5,8H,2,4,6-7H2,1H3,(H,11,12,13). The van der Waals surface area contributed by atoms with Crippen LogP contribution in [0, 0.1) is 0 Å². The van der Waals surface area contributed by atoms with Crippen LogP contribution in [0.3, 0.4) is 0 Å². The lowest BCUT2D eigenvalue weighted by Gasteiger charge is -2.07. The maximum absolute atomic E-state index is 5.31. The Morgan fingerprint density at radius 3 is 3.29 bits per heavy atom. The fraction of sp³-hybridized carbons (Fsp3) is 0.600. The maximum Gasteiger partial charge on any atom is 0.136 e. The van der Waals surface area contributed by atoms with Gasteiger partial charge in [-0.2, -0.15) is 0 Å². The molecule has 1 aromatic rings. The van der Waals surface area contributed by atoms with Crippen LogP contribution in [0.25, 0.3) is 0 Å². The number of ether oxygens (including phenoxy) is 1. The van der Waals surface area contributed by atoms with Crippen LogP contribution in [0.1, 0.15) is 25.1 Å². The van der Waals surface area contributed by atoms with Gasteiger partial charge in [-0.1, -0.05) is 0 Å². The third-order valence-corrected chi connectivity index (χ3v) is 2.33. The van der Waals surface area contributed by atoms with Gasteiger partial charge in [0.05, 0.1) is 6.61 Å². The summed E-state index contributed by atoms with van der Waals surface area (Å²) in [4.78, 5) is 8.71. The Labute approximate surface area is 83.7 Å². The molecule has 1 aliphatic rings. The number of aromatic nitrogens is 2. The van der Waals surface area contributed by atoms with Crippen LogP contribution in [0.2, 0.25) is 0 Å². The predicted octanol–water partition coefficient (Wildman–Crippen LogP) is 1.41. The average Bonchev–Trinajstić information content (AvgIpc) is 2.71. The van der Waals surface area contributed by atoms with E-state index in [0.717, 1.165) is 37.8 Å². The molecule has 0 bridgehead atoms. The Kier molecular flexibility index (Phi) is 2.93. The van der Waals surface area contributed by atoms with Gasteiger partial charge in [-0.15, -0.1) is 0 Å². The summed E-state index contributed by atoms with van der Waals surface area (Å²) in [6.07, 6.45) is 2.84. The molecule has 1 aromatic heterocycles. The molecule has 4 heteroatoms. The first-order valence-corrected chi connectivity index (χ1v) is 5.04. The molecular weight excluding hydrogens is 178 g/mol. The number of nitrogens with zero attached hydrogens (tertiary/aromatic N) is 2. The average molecular weight is 193 g/mol. The van der Waals surface area contributed by atoms with Gasteiger partial charge in [-0.3, -0.25) is 0 Å². The van der Waals surface area contributed by atoms with Crippen LogP contribution in [-0.2, 0) is 4.74 Å². The first-order valence-electron chi connectivity index (χ1n) is 5.04. The molecule has 0 aromatic carbocycles. The summed E-state index contributed by atoms with van der Waals surface area (Å²) < 4.78 is 5.31. The van der Waals surface area contributed by atoms with E-state index in [-0.39, 0.29) is 0 Å². The molecule has 2 heterocycles. The fourth-order valence-electron chi connectivity index (χ4n) is 1.59. The molecule has 1 saturated heterocycles. The second-order valence-corrected chi connectivity index (χ2v) is 3.39. The van der Waals surface area contributed by atoms with Gasteiger partial charge in [-0.25, -0.2) is 9.97 Å². The van der Waals surface area contributed by atoms with Gasteiger partial charge in [0.2, 0.25) is 0 Å². The van der Waals surface area contributed by atoms with E-state index in [4.69, 9.17) is 4.74 Å². The first kappa shape index (κ1) is 9.40. The van der Waals surface area contributed by atoms with E-state index in [1.807, 2.05) is 6.07 Å². The van der Waals surface area contributed by atoms with Gasteiger partial charge >= 0.3 is 0 Å². The summed E-state index contributed by atoms with van der Waals surface area (Å²) in [5.41, 5.74) is 0. The molecule has 0 amide bonds. The molecular formula is C10H15N3O. The highest BCUT2D eigenvalue weighted by atomic mass is 16.5. The highest BCUT2D eigenvalue weighted by molar-refractivity contribution is 5.33. The van der Waals surface area contributed by atoms with Crippen LogP contribution in [0.5, 0.6) is 0 Å². The van der Waals surface area contributed by atoms with Crippen molar-refractivity contribution in [3.63, 3.8) is 0 Å². The SMILES string of the molecule is CCNc1ccnc(C2CCOC2)n1. The van der Waals surface area contributed by atoms with E-state index in [1.54, 1.807) is 6.20 Å². The molecule has 1 N–H and O–H groups in total. The minimum atomic E-state index is 0.383. The number of nitrogens with one attached hydrogen (secondary N) is 1. The molecule has 0 saturated carbocycles. The van der Waals surface area contributed by atoms with Crippen molar-refractivity contribution in [2.24, 2.45) is 0 Å². The van der Waals surface area contributed by atoms with Crippen molar-refractivity contribution in [3.05, 3.63) is 18.1 Å². The molecule has 1 fully saturated rings. The van der Waals surface area contributed by atoms with Crippen molar-refractivity contribution in [2.75, 3.05) is 25.1 Å². The molecule has 14 heavy (non-hydrogen) atoms. The molecule has 0 aliphatic carbocycles. The lowest BCUT2D eigenvalue weighted by atomic mass is 10.1. The molecule has 76 valence electrons. The zero-order valence-corrected chi connectivity index (χ0v) is 8.36. The van der Waals surface area contributed by atoms with E-state index in [2.05, 4.69) is 22.2 Å². The zero-order valence-electron chi connectivity index (χ0n) is 8.36. The van der Waals surface area contributed by atoms with Crippen molar-refractivity contribution in [1.82, 2.24) is 9.97 Å². The minimum Gasteiger partial charge on any atom is -0.381 e. The fourth-order valence-corrected chi connectivity index (χ4v) is 1.59. The summed E-state index contributed by atoms with van der Waals surface area (Å²) >= 11 is 0. The van der Waals surface area contributed by atoms with Crippen molar-refractivity contribution >= 4 is 5.82 Å². The van der Waals surface area contributed by atoms with Gasteiger partial charge < -0.3 is 10.1 Å². The Morgan fingerprint density at radius 2 is 2.57 bits per heavy atom. The normalized spacial score (nSPS) is 21.1. The highest BCUT2D eigenvalue weighted by Crippen LogP contribution is 2.22. The van der Waals surface area contributed by atoms with Gasteiger partial charge in [0.25, 0.3) is 0 Å². The first-order chi connectivity index (χ1) is 6.90. The second kappa shape index (κ2) is 4.37. The largest absolute Gasteiger partial charge is 0.381 e. The van der Waals surface area contributed by atoms with Gasteiger partial charge in [-0.05, 0) is 19.4 Å². The molecule has 1 aliphatic heterocycles. The summed E-state index contributed by atoms with van der Waals surface area (Å²) in [6, 6.07) is 1.89. The van der Waals surface area contributed by atoms with E-state index in [9.17, 15) is 0 Å². The molecule has 0 spiro atoms. The van der Waals surface area contributed by atoms with Gasteiger partial charge in [0.1, 0.15) is 11.6 Å². The Balaban J connectivity index is 2.12. The molecule has 2 rings (SSSR count). The number of rotatable bonds is 3. The Hall–Kier alpha value is -1.16. The molecule has 1 unspecified atom stereocenters. The van der Waals surface area contributed by atoms with Crippen molar-refractivity contribution in [1.29, 1.82) is 0 Å². The van der Waals surface area contributed by atoms with Crippen molar-refractivity contribution in [2.45, 2.75) is 19.3 Å². The van der Waals surface area contributed by atoms with Crippen LogP contribution in [0.15, 0.2) is 12.3 Å².